The molecule has 5 heteroatoms. The van der Waals surface area contributed by atoms with Crippen LogP contribution in [0.4, 0.5) is 18.9 Å². The Kier molecular flexibility index (Phi) is 4.24. The molecule has 1 aliphatic heterocycles. The van der Waals surface area contributed by atoms with Crippen LogP contribution in [0.15, 0.2) is 18.2 Å². The van der Waals surface area contributed by atoms with Gasteiger partial charge >= 0.3 is 6.18 Å². The Morgan fingerprint density at radius 3 is 2.00 bits per heavy atom. The highest BCUT2D eigenvalue weighted by atomic mass is 19.4. The average Bonchev–Trinajstić information content (AvgIpc) is 2.37. The van der Waals surface area contributed by atoms with Gasteiger partial charge in [-0.25, -0.2) is 0 Å². The molecular weight excluding hydrogens is 277 g/mol. The second kappa shape index (κ2) is 5.52. The standard InChI is InChI=1S/C16H23F3N2/c1-12-5-6-13(16(17,18)19)11-14(12)20-7-9-21(10-8-20)15(2,3)4/h5-6,11H,7-10H2,1-4H3. The molecular formula is C16H23F3N2. The van der Waals surface area contributed by atoms with Crippen molar-refractivity contribution in [1.82, 2.24) is 4.90 Å². The van der Waals surface area contributed by atoms with Crippen molar-refractivity contribution in [2.75, 3.05) is 31.1 Å². The number of anilines is 1. The first-order valence-corrected chi connectivity index (χ1v) is 7.27. The van der Waals surface area contributed by atoms with Crippen LogP contribution in [0.25, 0.3) is 0 Å². The number of benzene rings is 1. The number of alkyl halides is 3. The summed E-state index contributed by atoms with van der Waals surface area (Å²) >= 11 is 0. The summed E-state index contributed by atoms with van der Waals surface area (Å²) in [4.78, 5) is 4.43. The lowest BCUT2D eigenvalue weighted by molar-refractivity contribution is -0.137. The van der Waals surface area contributed by atoms with Crippen LogP contribution in [-0.2, 0) is 6.18 Å². The quantitative estimate of drug-likeness (QED) is 0.775. The minimum Gasteiger partial charge on any atom is -0.369 e. The summed E-state index contributed by atoms with van der Waals surface area (Å²) in [5, 5.41) is 0. The van der Waals surface area contributed by atoms with Gasteiger partial charge in [-0.3, -0.25) is 4.90 Å². The molecule has 21 heavy (non-hydrogen) atoms. The first-order valence-electron chi connectivity index (χ1n) is 7.27. The summed E-state index contributed by atoms with van der Waals surface area (Å²) in [6.07, 6.45) is -4.28. The normalized spacial score (nSPS) is 18.1. The van der Waals surface area contributed by atoms with Crippen LogP contribution in [0.5, 0.6) is 0 Å². The van der Waals surface area contributed by atoms with Crippen molar-refractivity contribution in [2.24, 2.45) is 0 Å². The molecule has 0 saturated carbocycles. The van der Waals surface area contributed by atoms with Crippen LogP contribution in [0.1, 0.15) is 31.9 Å². The molecule has 0 amide bonds. The lowest BCUT2D eigenvalue weighted by Crippen LogP contribution is -2.53. The van der Waals surface area contributed by atoms with Crippen molar-refractivity contribution in [3.05, 3.63) is 29.3 Å². The predicted octanol–water partition coefficient (Wildman–Crippen LogP) is 3.93. The Balaban J connectivity index is 2.17. The fourth-order valence-electron chi connectivity index (χ4n) is 2.74. The zero-order chi connectivity index (χ0) is 15.8. The minimum absolute atomic E-state index is 0.106. The number of rotatable bonds is 1. The van der Waals surface area contributed by atoms with Gasteiger partial charge in [0.05, 0.1) is 5.56 Å². The van der Waals surface area contributed by atoms with Crippen molar-refractivity contribution >= 4 is 5.69 Å². The van der Waals surface area contributed by atoms with Crippen LogP contribution in [0.3, 0.4) is 0 Å². The van der Waals surface area contributed by atoms with Crippen LogP contribution >= 0.6 is 0 Å². The zero-order valence-corrected chi connectivity index (χ0v) is 13.1. The maximum absolute atomic E-state index is 12.9. The highest BCUT2D eigenvalue weighted by molar-refractivity contribution is 5.56. The maximum Gasteiger partial charge on any atom is 0.416 e. The Labute approximate surface area is 124 Å². The van der Waals surface area contributed by atoms with Gasteiger partial charge in [0.2, 0.25) is 0 Å². The first kappa shape index (κ1) is 16.1. The molecule has 1 aromatic rings. The van der Waals surface area contributed by atoms with E-state index in [1.807, 2.05) is 6.92 Å². The number of hydrogen-bond donors (Lipinski definition) is 0. The van der Waals surface area contributed by atoms with Gasteiger partial charge in [-0.05, 0) is 45.4 Å². The largest absolute Gasteiger partial charge is 0.416 e. The predicted molar refractivity (Wildman–Crippen MR) is 79.7 cm³/mol. The molecule has 1 saturated heterocycles. The van der Waals surface area contributed by atoms with Crippen molar-refractivity contribution in [3.63, 3.8) is 0 Å². The summed E-state index contributed by atoms with van der Waals surface area (Å²) < 4.78 is 38.6. The molecule has 1 fully saturated rings. The number of piperazine rings is 1. The molecule has 1 aromatic carbocycles. The molecule has 0 aliphatic carbocycles. The molecule has 0 unspecified atom stereocenters. The van der Waals surface area contributed by atoms with Crippen molar-refractivity contribution < 1.29 is 13.2 Å². The van der Waals surface area contributed by atoms with E-state index in [4.69, 9.17) is 0 Å². The molecule has 2 nitrogen and oxygen atoms in total. The van der Waals surface area contributed by atoms with E-state index in [2.05, 4.69) is 30.6 Å². The molecule has 2 rings (SSSR count). The number of halogens is 3. The molecule has 0 N–H and O–H groups in total. The maximum atomic E-state index is 12.9. The van der Waals surface area contributed by atoms with Gasteiger partial charge in [0.15, 0.2) is 0 Å². The van der Waals surface area contributed by atoms with E-state index in [0.29, 0.717) is 5.69 Å². The summed E-state index contributed by atoms with van der Waals surface area (Å²) in [5.41, 5.74) is 1.14. The topological polar surface area (TPSA) is 6.48 Å². The molecule has 0 spiro atoms. The number of hydrogen-bond acceptors (Lipinski definition) is 2. The third kappa shape index (κ3) is 3.70. The molecule has 118 valence electrons. The Hall–Kier alpha value is -1.23. The van der Waals surface area contributed by atoms with Crippen molar-refractivity contribution in [1.29, 1.82) is 0 Å². The Morgan fingerprint density at radius 2 is 1.52 bits per heavy atom. The van der Waals surface area contributed by atoms with Crippen LogP contribution in [-0.4, -0.2) is 36.6 Å². The Bertz CT molecular complexity index is 495. The van der Waals surface area contributed by atoms with E-state index in [-0.39, 0.29) is 5.54 Å². The van der Waals surface area contributed by atoms with Crippen LogP contribution in [0.2, 0.25) is 0 Å². The van der Waals surface area contributed by atoms with Gasteiger partial charge in [-0.2, -0.15) is 13.2 Å². The van der Waals surface area contributed by atoms with Gasteiger partial charge in [-0.15, -0.1) is 0 Å². The Morgan fingerprint density at radius 1 is 0.952 bits per heavy atom. The fraction of sp³-hybridized carbons (Fsp3) is 0.625. The van der Waals surface area contributed by atoms with Crippen LogP contribution in [0, 0.1) is 6.92 Å². The molecule has 0 bridgehead atoms. The van der Waals surface area contributed by atoms with E-state index in [1.54, 1.807) is 6.07 Å². The molecule has 1 heterocycles. The highest BCUT2D eigenvalue weighted by Gasteiger charge is 2.32. The molecule has 1 aliphatic rings. The van der Waals surface area contributed by atoms with Crippen LogP contribution < -0.4 is 4.90 Å². The summed E-state index contributed by atoms with van der Waals surface area (Å²) in [6, 6.07) is 4.00. The monoisotopic (exact) mass is 300 g/mol. The van der Waals surface area contributed by atoms with E-state index < -0.39 is 11.7 Å². The van der Waals surface area contributed by atoms with Gasteiger partial charge in [0.1, 0.15) is 0 Å². The summed E-state index contributed by atoms with van der Waals surface area (Å²) in [7, 11) is 0. The number of nitrogens with zero attached hydrogens (tertiary/aromatic N) is 2. The van der Waals surface area contributed by atoms with E-state index in [9.17, 15) is 13.2 Å². The summed E-state index contributed by atoms with van der Waals surface area (Å²) in [5.74, 6) is 0. The highest BCUT2D eigenvalue weighted by Crippen LogP contribution is 2.33. The second-order valence-electron chi connectivity index (χ2n) is 6.64. The van der Waals surface area contributed by atoms with E-state index >= 15 is 0 Å². The van der Waals surface area contributed by atoms with Gasteiger partial charge in [0.25, 0.3) is 0 Å². The average molecular weight is 300 g/mol. The second-order valence-corrected chi connectivity index (χ2v) is 6.64. The molecule has 0 radical (unpaired) electrons. The van der Waals surface area contributed by atoms with Crippen molar-refractivity contribution in [2.45, 2.75) is 39.4 Å². The zero-order valence-electron chi connectivity index (χ0n) is 13.1. The lowest BCUT2D eigenvalue weighted by atomic mass is 10.0. The third-order valence-corrected chi connectivity index (χ3v) is 4.11. The fourth-order valence-corrected chi connectivity index (χ4v) is 2.74. The van der Waals surface area contributed by atoms with E-state index in [0.717, 1.165) is 37.8 Å². The SMILES string of the molecule is Cc1ccc(C(F)(F)F)cc1N1CCN(C(C)(C)C)CC1. The smallest absolute Gasteiger partial charge is 0.369 e. The van der Waals surface area contributed by atoms with Gasteiger partial charge in [0, 0.05) is 37.4 Å². The molecule has 0 aromatic heterocycles. The van der Waals surface area contributed by atoms with E-state index in [1.165, 1.54) is 6.07 Å². The lowest BCUT2D eigenvalue weighted by Gasteiger charge is -2.43. The summed E-state index contributed by atoms with van der Waals surface area (Å²) in [6.45, 7) is 11.6. The number of aryl methyl sites for hydroxylation is 1. The third-order valence-electron chi connectivity index (χ3n) is 4.11. The minimum atomic E-state index is -4.28. The van der Waals surface area contributed by atoms with Gasteiger partial charge in [-0.1, -0.05) is 6.07 Å². The molecule has 0 atom stereocenters. The van der Waals surface area contributed by atoms with Gasteiger partial charge < -0.3 is 4.90 Å². The first-order chi connectivity index (χ1) is 9.59. The van der Waals surface area contributed by atoms with Crippen molar-refractivity contribution in [3.8, 4) is 0 Å².